The first kappa shape index (κ1) is 21.2. The molecule has 0 bridgehead atoms. The lowest BCUT2D eigenvalue weighted by Gasteiger charge is -2.14. The van der Waals surface area contributed by atoms with Crippen molar-refractivity contribution in [3.63, 3.8) is 0 Å². The van der Waals surface area contributed by atoms with Gasteiger partial charge in [-0.15, -0.1) is 11.3 Å². The Morgan fingerprint density at radius 1 is 1.20 bits per heavy atom. The zero-order valence-electron chi connectivity index (χ0n) is 16.2. The predicted molar refractivity (Wildman–Crippen MR) is 113 cm³/mol. The van der Waals surface area contributed by atoms with E-state index in [1.54, 1.807) is 35.6 Å². The van der Waals surface area contributed by atoms with Gasteiger partial charge in [-0.1, -0.05) is 12.1 Å². The van der Waals surface area contributed by atoms with Gasteiger partial charge in [-0.2, -0.15) is 0 Å². The van der Waals surface area contributed by atoms with Crippen molar-refractivity contribution in [2.24, 2.45) is 5.73 Å². The van der Waals surface area contributed by atoms with E-state index in [1.807, 2.05) is 13.0 Å². The van der Waals surface area contributed by atoms with Crippen molar-refractivity contribution in [3.05, 3.63) is 52.7 Å². The number of nitrogens with two attached hydrogens (primary N) is 1. The van der Waals surface area contributed by atoms with Crippen molar-refractivity contribution < 1.29 is 19.5 Å². The number of carboxylic acid groups (broad SMARTS) is 1. The molecule has 2 aromatic heterocycles. The fraction of sp³-hybridized carbons (Fsp3) is 0.250. The van der Waals surface area contributed by atoms with E-state index in [9.17, 15) is 19.5 Å². The molecule has 0 fully saturated rings. The molecule has 5 N–H and O–H groups in total. The highest BCUT2D eigenvalue weighted by Gasteiger charge is 2.21. The topological polar surface area (TPSA) is 147 Å². The monoisotopic (exact) mass is 427 g/mol. The van der Waals surface area contributed by atoms with Gasteiger partial charge in [0.05, 0.1) is 5.39 Å². The van der Waals surface area contributed by atoms with Crippen LogP contribution in [0.15, 0.2) is 36.7 Å². The smallest absolute Gasteiger partial charge is 0.326 e. The molecule has 2 heterocycles. The molecule has 10 heteroatoms. The van der Waals surface area contributed by atoms with Crippen LogP contribution in [-0.2, 0) is 16.1 Å². The van der Waals surface area contributed by atoms with Crippen LogP contribution in [0, 0.1) is 6.92 Å². The predicted octanol–water partition coefficient (Wildman–Crippen LogP) is 2.06. The first-order valence-electron chi connectivity index (χ1n) is 9.19. The van der Waals surface area contributed by atoms with E-state index >= 15 is 0 Å². The molecule has 0 aliphatic carbocycles. The minimum atomic E-state index is -1.22. The summed E-state index contributed by atoms with van der Waals surface area (Å²) >= 11 is 1.60. The number of aromatic nitrogens is 2. The van der Waals surface area contributed by atoms with Crippen molar-refractivity contribution in [3.8, 4) is 0 Å². The van der Waals surface area contributed by atoms with Crippen LogP contribution < -0.4 is 16.4 Å². The molecule has 1 aromatic carbocycles. The summed E-state index contributed by atoms with van der Waals surface area (Å²) in [5.41, 5.74) is 6.29. The van der Waals surface area contributed by atoms with E-state index in [0.717, 1.165) is 26.5 Å². The Morgan fingerprint density at radius 3 is 2.60 bits per heavy atom. The van der Waals surface area contributed by atoms with Crippen LogP contribution in [-0.4, -0.2) is 38.9 Å². The van der Waals surface area contributed by atoms with Gasteiger partial charge in [0, 0.05) is 23.4 Å². The normalized spacial score (nSPS) is 11.8. The third-order valence-electron chi connectivity index (χ3n) is 4.41. The molecule has 156 valence electrons. The van der Waals surface area contributed by atoms with Gasteiger partial charge in [0.2, 0.25) is 5.91 Å². The Kier molecular flexibility index (Phi) is 6.58. The number of anilines is 1. The number of benzene rings is 1. The highest BCUT2D eigenvalue weighted by Crippen LogP contribution is 2.27. The van der Waals surface area contributed by atoms with Gasteiger partial charge < -0.3 is 21.5 Å². The number of nitrogens with zero attached hydrogens (tertiary/aromatic N) is 2. The number of thiophene rings is 1. The number of rotatable bonds is 9. The van der Waals surface area contributed by atoms with E-state index in [-0.39, 0.29) is 12.8 Å². The highest BCUT2D eigenvalue weighted by molar-refractivity contribution is 7.18. The number of nitrogens with one attached hydrogen (secondary N) is 2. The van der Waals surface area contributed by atoms with Gasteiger partial charge in [-0.05, 0) is 37.1 Å². The maximum atomic E-state index is 12.3. The minimum Gasteiger partial charge on any atom is -0.480 e. The molecular formula is C20H21N5O4S. The molecule has 1 unspecified atom stereocenters. The summed E-state index contributed by atoms with van der Waals surface area (Å²) in [6.07, 6.45) is 1.33. The average molecular weight is 427 g/mol. The average Bonchev–Trinajstić information content (AvgIpc) is 3.10. The number of fused-ring (bicyclic) bond motifs is 1. The zero-order valence-corrected chi connectivity index (χ0v) is 17.0. The van der Waals surface area contributed by atoms with Gasteiger partial charge in [-0.3, -0.25) is 9.59 Å². The standard InChI is InChI=1S/C20H21N5O4S/c1-11-8-14-17(23-10-24-19(14)30-11)22-9-12-2-4-13(5-3-12)18(27)25-15(20(28)29)6-7-16(21)26/h2-5,8,10,15H,6-7,9H2,1H3,(H2,21,26)(H,25,27)(H,28,29)(H,22,23,24). The van der Waals surface area contributed by atoms with Crippen LogP contribution in [0.3, 0.4) is 0 Å². The SMILES string of the molecule is Cc1cc2c(NCc3ccc(C(=O)NC(CCC(N)=O)C(=O)O)cc3)ncnc2s1. The Balaban J connectivity index is 1.61. The lowest BCUT2D eigenvalue weighted by Crippen LogP contribution is -2.41. The molecule has 0 saturated carbocycles. The fourth-order valence-electron chi connectivity index (χ4n) is 2.86. The maximum absolute atomic E-state index is 12.3. The summed E-state index contributed by atoms with van der Waals surface area (Å²) in [7, 11) is 0. The van der Waals surface area contributed by atoms with Gasteiger partial charge in [0.25, 0.3) is 5.91 Å². The van der Waals surface area contributed by atoms with Gasteiger partial charge in [0.1, 0.15) is 23.0 Å². The third kappa shape index (κ3) is 5.29. The number of hydrogen-bond donors (Lipinski definition) is 4. The minimum absolute atomic E-state index is 0.0616. The first-order chi connectivity index (χ1) is 14.3. The highest BCUT2D eigenvalue weighted by atomic mass is 32.1. The first-order valence-corrected chi connectivity index (χ1v) is 10.0. The molecule has 2 amide bonds. The number of hydrogen-bond acceptors (Lipinski definition) is 7. The van der Waals surface area contributed by atoms with Crippen molar-refractivity contribution >= 4 is 45.2 Å². The van der Waals surface area contributed by atoms with Crippen molar-refractivity contribution in [1.82, 2.24) is 15.3 Å². The van der Waals surface area contributed by atoms with Crippen LogP contribution in [0.25, 0.3) is 10.2 Å². The number of amides is 2. The summed E-state index contributed by atoms with van der Waals surface area (Å²) in [5, 5.41) is 15.8. The van der Waals surface area contributed by atoms with E-state index < -0.39 is 23.8 Å². The van der Waals surface area contributed by atoms with Gasteiger partial charge in [-0.25, -0.2) is 14.8 Å². The van der Waals surface area contributed by atoms with Crippen LogP contribution >= 0.6 is 11.3 Å². The second-order valence-corrected chi connectivity index (χ2v) is 7.95. The second kappa shape index (κ2) is 9.31. The zero-order chi connectivity index (χ0) is 21.7. The number of primary amides is 1. The van der Waals surface area contributed by atoms with E-state index in [1.165, 1.54) is 6.33 Å². The van der Waals surface area contributed by atoms with Gasteiger partial charge in [0.15, 0.2) is 0 Å². The summed E-state index contributed by atoms with van der Waals surface area (Å²) in [5.74, 6) is -1.63. The van der Waals surface area contributed by atoms with Crippen molar-refractivity contribution in [1.29, 1.82) is 0 Å². The number of aryl methyl sites for hydroxylation is 1. The number of carbonyl (C=O) groups excluding carboxylic acids is 2. The van der Waals surface area contributed by atoms with Crippen LogP contribution in [0.4, 0.5) is 5.82 Å². The largest absolute Gasteiger partial charge is 0.480 e. The molecule has 30 heavy (non-hydrogen) atoms. The van der Waals surface area contributed by atoms with Crippen LogP contribution in [0.2, 0.25) is 0 Å². The fourth-order valence-corrected chi connectivity index (χ4v) is 3.71. The van der Waals surface area contributed by atoms with Crippen LogP contribution in [0.5, 0.6) is 0 Å². The lowest BCUT2D eigenvalue weighted by molar-refractivity contribution is -0.139. The Morgan fingerprint density at radius 2 is 1.93 bits per heavy atom. The van der Waals surface area contributed by atoms with Gasteiger partial charge >= 0.3 is 5.97 Å². The molecule has 3 rings (SSSR count). The molecule has 0 aliphatic rings. The van der Waals surface area contributed by atoms with E-state index in [2.05, 4.69) is 20.6 Å². The Bertz CT molecular complexity index is 1080. The molecule has 3 aromatic rings. The molecule has 0 aliphatic heterocycles. The molecule has 9 nitrogen and oxygen atoms in total. The van der Waals surface area contributed by atoms with Crippen molar-refractivity contribution in [2.45, 2.75) is 32.4 Å². The lowest BCUT2D eigenvalue weighted by atomic mass is 10.1. The maximum Gasteiger partial charge on any atom is 0.326 e. The molecule has 0 radical (unpaired) electrons. The summed E-state index contributed by atoms with van der Waals surface area (Å²) in [6, 6.07) is 7.64. The molecule has 0 spiro atoms. The van der Waals surface area contributed by atoms with Crippen LogP contribution in [0.1, 0.15) is 33.6 Å². The molecule has 1 atom stereocenters. The number of carbonyl (C=O) groups is 3. The molecular weight excluding hydrogens is 406 g/mol. The van der Waals surface area contributed by atoms with E-state index in [4.69, 9.17) is 5.73 Å². The molecule has 0 saturated heterocycles. The quantitative estimate of drug-likeness (QED) is 0.408. The second-order valence-electron chi connectivity index (χ2n) is 6.72. The van der Waals surface area contributed by atoms with E-state index in [0.29, 0.717) is 12.1 Å². The Labute approximate surface area is 176 Å². The summed E-state index contributed by atoms with van der Waals surface area (Å²) in [6.45, 7) is 2.52. The number of carboxylic acids is 1. The third-order valence-corrected chi connectivity index (χ3v) is 5.37. The Hall–Kier alpha value is -3.53. The summed E-state index contributed by atoms with van der Waals surface area (Å²) in [4.78, 5) is 45.1. The number of aliphatic carboxylic acids is 1. The summed E-state index contributed by atoms with van der Waals surface area (Å²) < 4.78 is 0. The van der Waals surface area contributed by atoms with Crippen molar-refractivity contribution in [2.75, 3.05) is 5.32 Å².